The first-order valence-corrected chi connectivity index (χ1v) is 22.3. The fourth-order valence-corrected chi connectivity index (χ4v) is 9.55. The molecule has 2 saturated carbocycles. The van der Waals surface area contributed by atoms with Crippen molar-refractivity contribution < 1.29 is 38.1 Å². The van der Waals surface area contributed by atoms with E-state index in [1.807, 2.05) is 58.3 Å². The number of aromatic carboxylic acids is 2. The van der Waals surface area contributed by atoms with E-state index in [1.54, 1.807) is 9.13 Å². The minimum atomic E-state index is -1.30. The van der Waals surface area contributed by atoms with Gasteiger partial charge in [-0.05, 0) is 122 Å². The highest BCUT2D eigenvalue weighted by atomic mass is 35.5. The number of anilines is 2. The predicted octanol–water partition coefficient (Wildman–Crippen LogP) is 8.44. The van der Waals surface area contributed by atoms with Crippen molar-refractivity contribution in [2.75, 3.05) is 36.0 Å². The summed E-state index contributed by atoms with van der Waals surface area (Å²) in [6.45, 7) is 15.8. The third-order valence-electron chi connectivity index (χ3n) is 13.0. The molecule has 4 fully saturated rings. The van der Waals surface area contributed by atoms with Gasteiger partial charge in [0.05, 0.1) is 22.4 Å². The number of carboxylic acids is 2. The summed E-state index contributed by atoms with van der Waals surface area (Å²) in [4.78, 5) is 65.4. The lowest BCUT2D eigenvalue weighted by Crippen LogP contribution is -2.42. The second-order valence-electron chi connectivity index (χ2n) is 18.8. The number of alkyl carbamates (subject to hydrolysis) is 1. The van der Waals surface area contributed by atoms with Crippen molar-refractivity contribution in [2.24, 2.45) is 17.6 Å². The number of nitrogens with two attached hydrogens (primary N) is 1. The molecular formula is C48H65ClF2N6O8. The smallest absolute Gasteiger partial charge is 0.407 e. The third-order valence-corrected chi connectivity index (χ3v) is 13.0. The van der Waals surface area contributed by atoms with Gasteiger partial charge in [-0.1, -0.05) is 21.3 Å². The molecule has 2 aromatic carbocycles. The van der Waals surface area contributed by atoms with E-state index in [2.05, 4.69) is 5.32 Å². The molecular weight excluding hydrogens is 862 g/mol. The van der Waals surface area contributed by atoms with Gasteiger partial charge in [0.1, 0.15) is 28.4 Å². The maximum absolute atomic E-state index is 15.6. The number of ether oxygens (including phenoxy) is 1. The van der Waals surface area contributed by atoms with Crippen molar-refractivity contribution in [1.29, 1.82) is 0 Å². The molecule has 4 aromatic rings. The zero-order valence-electron chi connectivity index (χ0n) is 37.6. The van der Waals surface area contributed by atoms with Crippen LogP contribution in [0.15, 0.2) is 33.9 Å². The number of nitrogens with zero attached hydrogens (tertiary/aromatic N) is 4. The monoisotopic (exact) mass is 926 g/mol. The minimum absolute atomic E-state index is 0. The molecule has 5 N–H and O–H groups in total. The van der Waals surface area contributed by atoms with Crippen LogP contribution in [0.1, 0.15) is 138 Å². The molecule has 1 amide bonds. The largest absolute Gasteiger partial charge is 0.477 e. The topological polar surface area (TPSA) is 189 Å². The van der Waals surface area contributed by atoms with Gasteiger partial charge in [-0.2, -0.15) is 0 Å². The Hall–Kier alpha value is -5.22. The number of halogens is 3. The number of benzene rings is 2. The molecule has 356 valence electrons. The number of hydrogen-bond donors (Lipinski definition) is 4. The number of carbonyl (C=O) groups is 3. The van der Waals surface area contributed by atoms with Crippen LogP contribution in [0.2, 0.25) is 0 Å². The van der Waals surface area contributed by atoms with Crippen LogP contribution < -0.4 is 32.0 Å². The van der Waals surface area contributed by atoms with E-state index in [-0.39, 0.29) is 66.9 Å². The zero-order chi connectivity index (χ0) is 45.8. The van der Waals surface area contributed by atoms with Gasteiger partial charge in [-0.3, -0.25) is 9.59 Å². The number of rotatable bonds is 11. The van der Waals surface area contributed by atoms with Gasteiger partial charge < -0.3 is 44.9 Å². The SMILES string of the molecule is C.CCc1c(N2CC[C@@H]([C@H](C)N)C2)c(F)cc2cc(C(=O)O)c(=O)n(C3CC3)c12.CCc1c(N2CC[C@@H]([C@H](C)NC(=O)OC(C)(C)C)C2)c(F)cc2cc(C(=O)O)c(=O)n(C3CC3)c12.Cl. The normalized spacial score (nSPS) is 19.2. The van der Waals surface area contributed by atoms with Gasteiger partial charge in [0.25, 0.3) is 11.1 Å². The van der Waals surface area contributed by atoms with Crippen molar-refractivity contribution in [1.82, 2.24) is 14.5 Å². The Kier molecular flexibility index (Phi) is 15.4. The Balaban J connectivity index is 0.000000242. The molecule has 2 saturated heterocycles. The summed E-state index contributed by atoms with van der Waals surface area (Å²) in [5, 5.41) is 22.8. The average Bonchev–Trinajstić information content (AvgIpc) is 4.12. The average molecular weight is 928 g/mol. The van der Waals surface area contributed by atoms with E-state index in [0.717, 1.165) is 50.6 Å². The molecule has 0 radical (unpaired) electrons. The van der Waals surface area contributed by atoms with Crippen LogP contribution in [-0.2, 0) is 17.6 Å². The highest BCUT2D eigenvalue weighted by Crippen LogP contribution is 2.43. The standard InChI is InChI=1S/C26H34FN3O5.C21H26FN3O3.CH4.ClH/c1-6-18-21-16(11-19(24(32)33)23(31)30(21)17-7-8-17)12-20(27)22(18)29-10-9-15(13-29)14(2)28-25(34)35-26(3,4)5;1-3-15-18-13(8-16(21(27)28)20(26)25(18)14-4-5-14)9-17(22)19(15)24-7-6-12(10-24)11(2)23;;/h11-12,14-15,17H,6-10,13H2,1-5H3,(H,28,34)(H,32,33);8-9,11-12,14H,3-7,10,23H2,1-2H3,(H,27,28);1H4;1H/t14-,15+;11-,12+;;/m00../s1. The second-order valence-corrected chi connectivity index (χ2v) is 18.8. The van der Waals surface area contributed by atoms with Crippen LogP contribution in [0.5, 0.6) is 0 Å². The number of fused-ring (bicyclic) bond motifs is 2. The molecule has 4 atom stereocenters. The number of aryl methyl sites for hydroxylation is 2. The lowest BCUT2D eigenvalue weighted by molar-refractivity contribution is 0.0493. The molecule has 0 bridgehead atoms. The van der Waals surface area contributed by atoms with E-state index in [1.165, 1.54) is 24.3 Å². The third kappa shape index (κ3) is 10.3. The number of amides is 1. The van der Waals surface area contributed by atoms with Crippen LogP contribution in [-0.4, -0.2) is 81.2 Å². The molecule has 0 unspecified atom stereocenters. The molecule has 17 heteroatoms. The predicted molar refractivity (Wildman–Crippen MR) is 253 cm³/mol. The minimum Gasteiger partial charge on any atom is -0.477 e. The molecule has 0 spiro atoms. The summed E-state index contributed by atoms with van der Waals surface area (Å²) in [6.07, 6.45) is 5.53. The Labute approximate surface area is 384 Å². The van der Waals surface area contributed by atoms with Crippen LogP contribution in [0.25, 0.3) is 21.8 Å². The molecule has 2 aromatic heterocycles. The van der Waals surface area contributed by atoms with E-state index in [4.69, 9.17) is 10.5 Å². The zero-order valence-corrected chi connectivity index (χ0v) is 38.4. The van der Waals surface area contributed by atoms with Crippen molar-refractivity contribution in [3.05, 3.63) is 78.9 Å². The Bertz CT molecular complexity index is 2600. The number of nitrogens with one attached hydrogen (secondary N) is 1. The van der Waals surface area contributed by atoms with Crippen molar-refractivity contribution in [2.45, 2.75) is 137 Å². The van der Waals surface area contributed by atoms with Crippen molar-refractivity contribution >= 4 is 63.6 Å². The van der Waals surface area contributed by atoms with Crippen LogP contribution in [0, 0.1) is 23.5 Å². The van der Waals surface area contributed by atoms with E-state index in [9.17, 15) is 34.2 Å². The lowest BCUT2D eigenvalue weighted by Gasteiger charge is -2.27. The fourth-order valence-electron chi connectivity index (χ4n) is 9.55. The van der Waals surface area contributed by atoms with E-state index >= 15 is 8.78 Å². The van der Waals surface area contributed by atoms with Gasteiger partial charge in [-0.25, -0.2) is 23.2 Å². The number of aromatic nitrogens is 2. The van der Waals surface area contributed by atoms with E-state index in [0.29, 0.717) is 77.1 Å². The summed E-state index contributed by atoms with van der Waals surface area (Å²) in [6, 6.07) is 5.17. The first-order valence-electron chi connectivity index (χ1n) is 22.3. The lowest BCUT2D eigenvalue weighted by atomic mass is 10.00. The number of carbonyl (C=O) groups excluding carboxylic acids is 1. The summed E-state index contributed by atoms with van der Waals surface area (Å²) in [7, 11) is 0. The van der Waals surface area contributed by atoms with Crippen LogP contribution >= 0.6 is 12.4 Å². The summed E-state index contributed by atoms with van der Waals surface area (Å²) >= 11 is 0. The van der Waals surface area contributed by atoms with Gasteiger partial charge in [0, 0.05) is 72.2 Å². The Morgan fingerprint density at radius 1 is 0.754 bits per heavy atom. The van der Waals surface area contributed by atoms with Gasteiger partial charge in [0.15, 0.2) is 0 Å². The summed E-state index contributed by atoms with van der Waals surface area (Å²) in [5.74, 6) is -2.97. The molecule has 4 heterocycles. The van der Waals surface area contributed by atoms with Crippen LogP contribution in [0.3, 0.4) is 0 Å². The van der Waals surface area contributed by atoms with Crippen molar-refractivity contribution in [3.63, 3.8) is 0 Å². The van der Waals surface area contributed by atoms with Crippen LogP contribution in [0.4, 0.5) is 25.0 Å². The van der Waals surface area contributed by atoms with Gasteiger partial charge in [0.2, 0.25) is 0 Å². The molecule has 8 rings (SSSR count). The Morgan fingerprint density at radius 3 is 1.49 bits per heavy atom. The molecule has 4 aliphatic rings. The first kappa shape index (κ1) is 50.8. The molecule has 65 heavy (non-hydrogen) atoms. The number of hydrogen-bond acceptors (Lipinski definition) is 9. The molecule has 2 aliphatic heterocycles. The Morgan fingerprint density at radius 2 is 1.15 bits per heavy atom. The molecule has 2 aliphatic carbocycles. The summed E-state index contributed by atoms with van der Waals surface area (Å²) < 4.78 is 39.3. The highest BCUT2D eigenvalue weighted by molar-refractivity contribution is 5.97. The maximum Gasteiger partial charge on any atom is 0.407 e. The first-order chi connectivity index (χ1) is 29.7. The maximum atomic E-state index is 15.6. The van der Waals surface area contributed by atoms with E-state index < -0.39 is 40.6 Å². The quantitative estimate of drug-likeness (QED) is 0.113. The number of pyridine rings is 2. The highest BCUT2D eigenvalue weighted by Gasteiger charge is 2.36. The fraction of sp³-hybridized carbons (Fsp3) is 0.562. The second kappa shape index (κ2) is 19.7. The van der Waals surface area contributed by atoms with Gasteiger partial charge >= 0.3 is 18.0 Å². The number of carboxylic acid groups (broad SMARTS) is 2. The van der Waals surface area contributed by atoms with Gasteiger partial charge in [-0.15, -0.1) is 12.4 Å². The van der Waals surface area contributed by atoms with Crippen molar-refractivity contribution in [3.8, 4) is 0 Å². The summed E-state index contributed by atoms with van der Waals surface area (Å²) in [5.41, 5.74) is 7.61. The molecule has 14 nitrogen and oxygen atoms in total.